The van der Waals surface area contributed by atoms with E-state index in [2.05, 4.69) is 17.0 Å². The fourth-order valence-corrected chi connectivity index (χ4v) is 1.41. The van der Waals surface area contributed by atoms with Crippen LogP contribution in [0.5, 0.6) is 0 Å². The summed E-state index contributed by atoms with van der Waals surface area (Å²) in [6, 6.07) is 0.00440. The smallest absolute Gasteiger partial charge is 0.138 e. The second-order valence-corrected chi connectivity index (χ2v) is 3.52. The summed E-state index contributed by atoms with van der Waals surface area (Å²) in [5, 5.41) is 4.15. The summed E-state index contributed by atoms with van der Waals surface area (Å²) in [6.45, 7) is 6.26. The van der Waals surface area contributed by atoms with Gasteiger partial charge in [0.1, 0.15) is 12.2 Å². The van der Waals surface area contributed by atoms with E-state index in [1.165, 1.54) is 0 Å². The zero-order valence-electron chi connectivity index (χ0n) is 9.52. The molecule has 1 atom stereocenters. The maximum Gasteiger partial charge on any atom is 0.138 e. The van der Waals surface area contributed by atoms with Crippen LogP contribution in [0.2, 0.25) is 0 Å². The van der Waals surface area contributed by atoms with Crippen molar-refractivity contribution in [2.75, 3.05) is 13.2 Å². The summed E-state index contributed by atoms with van der Waals surface area (Å²) >= 11 is 0. The molecule has 15 heavy (non-hydrogen) atoms. The standard InChI is InChI=1S/C10H20N4O/c1-3-5-14-10(12-8-13-14)6-9(11)7-15-4-2/h8-9H,3-7,11H2,1-2H3. The van der Waals surface area contributed by atoms with Crippen molar-refractivity contribution in [3.8, 4) is 0 Å². The van der Waals surface area contributed by atoms with Crippen LogP contribution in [0, 0.1) is 0 Å². The number of aromatic nitrogens is 3. The summed E-state index contributed by atoms with van der Waals surface area (Å²) in [4.78, 5) is 4.20. The van der Waals surface area contributed by atoms with Gasteiger partial charge in [0.25, 0.3) is 0 Å². The minimum absolute atomic E-state index is 0.00440. The maximum absolute atomic E-state index is 5.91. The Kier molecular flexibility index (Phi) is 5.28. The van der Waals surface area contributed by atoms with Crippen LogP contribution in [-0.2, 0) is 17.7 Å². The first-order valence-corrected chi connectivity index (χ1v) is 5.47. The van der Waals surface area contributed by atoms with E-state index in [-0.39, 0.29) is 6.04 Å². The summed E-state index contributed by atoms with van der Waals surface area (Å²) in [6.07, 6.45) is 3.36. The fourth-order valence-electron chi connectivity index (χ4n) is 1.41. The van der Waals surface area contributed by atoms with E-state index in [9.17, 15) is 0 Å². The molecule has 1 heterocycles. The van der Waals surface area contributed by atoms with Gasteiger partial charge in [-0.1, -0.05) is 6.92 Å². The number of hydrogen-bond donors (Lipinski definition) is 1. The first kappa shape index (κ1) is 12.1. The fraction of sp³-hybridized carbons (Fsp3) is 0.800. The zero-order valence-corrected chi connectivity index (χ0v) is 9.52. The molecule has 0 amide bonds. The molecule has 1 aromatic rings. The lowest BCUT2D eigenvalue weighted by atomic mass is 10.2. The van der Waals surface area contributed by atoms with Gasteiger partial charge in [-0.05, 0) is 13.3 Å². The first-order valence-electron chi connectivity index (χ1n) is 5.47. The number of nitrogens with two attached hydrogens (primary N) is 1. The van der Waals surface area contributed by atoms with Gasteiger partial charge in [0.2, 0.25) is 0 Å². The summed E-state index contributed by atoms with van der Waals surface area (Å²) < 4.78 is 7.17. The van der Waals surface area contributed by atoms with Crippen molar-refractivity contribution in [2.45, 2.75) is 39.3 Å². The SMILES string of the molecule is CCCn1ncnc1CC(N)COCC. The average Bonchev–Trinajstić information content (AvgIpc) is 2.63. The molecule has 0 aliphatic carbocycles. The molecule has 0 bridgehead atoms. The van der Waals surface area contributed by atoms with Gasteiger partial charge >= 0.3 is 0 Å². The van der Waals surface area contributed by atoms with Gasteiger partial charge in [-0.25, -0.2) is 4.98 Å². The van der Waals surface area contributed by atoms with Crippen molar-refractivity contribution in [1.82, 2.24) is 14.8 Å². The first-order chi connectivity index (χ1) is 7.27. The van der Waals surface area contributed by atoms with Crippen LogP contribution in [0.15, 0.2) is 6.33 Å². The zero-order chi connectivity index (χ0) is 11.1. The quantitative estimate of drug-likeness (QED) is 0.718. The average molecular weight is 212 g/mol. The van der Waals surface area contributed by atoms with Gasteiger partial charge in [-0.15, -0.1) is 0 Å². The molecule has 0 fully saturated rings. The molecule has 1 unspecified atom stereocenters. The molecule has 0 aliphatic rings. The molecule has 0 saturated carbocycles. The van der Waals surface area contributed by atoms with E-state index in [4.69, 9.17) is 10.5 Å². The van der Waals surface area contributed by atoms with E-state index in [1.54, 1.807) is 6.33 Å². The lowest BCUT2D eigenvalue weighted by Gasteiger charge is -2.11. The number of nitrogens with zero attached hydrogens (tertiary/aromatic N) is 3. The van der Waals surface area contributed by atoms with Gasteiger partial charge in [0, 0.05) is 25.6 Å². The number of rotatable bonds is 7. The molecule has 2 N–H and O–H groups in total. The molecular formula is C10H20N4O. The van der Waals surface area contributed by atoms with Crippen molar-refractivity contribution in [2.24, 2.45) is 5.73 Å². The Morgan fingerprint density at radius 1 is 1.53 bits per heavy atom. The second-order valence-electron chi connectivity index (χ2n) is 3.52. The van der Waals surface area contributed by atoms with Crippen LogP contribution in [-0.4, -0.2) is 34.0 Å². The van der Waals surface area contributed by atoms with Crippen LogP contribution >= 0.6 is 0 Å². The topological polar surface area (TPSA) is 66.0 Å². The van der Waals surface area contributed by atoms with E-state index in [0.29, 0.717) is 13.2 Å². The van der Waals surface area contributed by atoms with Crippen molar-refractivity contribution in [3.05, 3.63) is 12.2 Å². The number of hydrogen-bond acceptors (Lipinski definition) is 4. The Morgan fingerprint density at radius 3 is 3.00 bits per heavy atom. The Morgan fingerprint density at radius 2 is 2.33 bits per heavy atom. The minimum Gasteiger partial charge on any atom is -0.380 e. The Labute approximate surface area is 90.6 Å². The molecule has 0 saturated heterocycles. The molecule has 5 nitrogen and oxygen atoms in total. The lowest BCUT2D eigenvalue weighted by molar-refractivity contribution is 0.132. The molecule has 1 aromatic heterocycles. The van der Waals surface area contributed by atoms with E-state index in [1.807, 2.05) is 11.6 Å². The van der Waals surface area contributed by atoms with E-state index < -0.39 is 0 Å². The van der Waals surface area contributed by atoms with Gasteiger partial charge in [-0.3, -0.25) is 4.68 Å². The van der Waals surface area contributed by atoms with Gasteiger partial charge in [-0.2, -0.15) is 5.10 Å². The van der Waals surface area contributed by atoms with Crippen LogP contribution in [0.1, 0.15) is 26.1 Å². The van der Waals surface area contributed by atoms with Crippen molar-refractivity contribution in [3.63, 3.8) is 0 Å². The highest BCUT2D eigenvalue weighted by Gasteiger charge is 2.09. The van der Waals surface area contributed by atoms with Crippen LogP contribution < -0.4 is 5.73 Å². The van der Waals surface area contributed by atoms with Gasteiger partial charge in [0.15, 0.2) is 0 Å². The van der Waals surface area contributed by atoms with Crippen molar-refractivity contribution >= 4 is 0 Å². The molecule has 86 valence electrons. The highest BCUT2D eigenvalue weighted by Crippen LogP contribution is 2.00. The third-order valence-electron chi connectivity index (χ3n) is 2.11. The highest BCUT2D eigenvalue weighted by molar-refractivity contribution is 4.88. The summed E-state index contributed by atoms with van der Waals surface area (Å²) in [5.74, 6) is 0.948. The number of ether oxygens (including phenoxy) is 1. The molecule has 0 aromatic carbocycles. The number of aryl methyl sites for hydroxylation is 1. The molecule has 0 spiro atoms. The normalized spacial score (nSPS) is 13.0. The predicted molar refractivity (Wildman–Crippen MR) is 58.5 cm³/mol. The van der Waals surface area contributed by atoms with Gasteiger partial charge in [0.05, 0.1) is 6.61 Å². The van der Waals surface area contributed by atoms with Crippen molar-refractivity contribution in [1.29, 1.82) is 0 Å². The molecule has 0 radical (unpaired) electrons. The predicted octanol–water partition coefficient (Wildman–Crippen LogP) is 0.594. The third kappa shape index (κ3) is 3.97. The second kappa shape index (κ2) is 6.53. The summed E-state index contributed by atoms with van der Waals surface area (Å²) in [5.41, 5.74) is 5.91. The Balaban J connectivity index is 2.44. The minimum atomic E-state index is 0.00440. The lowest BCUT2D eigenvalue weighted by Crippen LogP contribution is -2.30. The molecule has 0 aliphatic heterocycles. The molecule has 5 heteroatoms. The van der Waals surface area contributed by atoms with Gasteiger partial charge < -0.3 is 10.5 Å². The Hall–Kier alpha value is -0.940. The highest BCUT2D eigenvalue weighted by atomic mass is 16.5. The molecule has 1 rings (SSSR count). The molecular weight excluding hydrogens is 192 g/mol. The summed E-state index contributed by atoms with van der Waals surface area (Å²) in [7, 11) is 0. The van der Waals surface area contributed by atoms with Crippen LogP contribution in [0.3, 0.4) is 0 Å². The van der Waals surface area contributed by atoms with E-state index in [0.717, 1.165) is 25.2 Å². The largest absolute Gasteiger partial charge is 0.380 e. The van der Waals surface area contributed by atoms with E-state index >= 15 is 0 Å². The van der Waals surface area contributed by atoms with Crippen molar-refractivity contribution < 1.29 is 4.74 Å². The Bertz CT molecular complexity index is 274. The van der Waals surface area contributed by atoms with Crippen LogP contribution in [0.4, 0.5) is 0 Å². The third-order valence-corrected chi connectivity index (χ3v) is 2.11. The monoisotopic (exact) mass is 212 g/mol. The van der Waals surface area contributed by atoms with Crippen LogP contribution in [0.25, 0.3) is 0 Å². The maximum atomic E-state index is 5.91.